The molecule has 0 aliphatic rings. The predicted octanol–water partition coefficient (Wildman–Crippen LogP) is 4.20. The molecule has 2 rings (SSSR count). The number of aromatic carboxylic acids is 1. The highest BCUT2D eigenvalue weighted by molar-refractivity contribution is 5.89. The van der Waals surface area contributed by atoms with Crippen LogP contribution < -0.4 is 0 Å². The molecule has 0 atom stereocenters. The molecule has 0 saturated carbocycles. The van der Waals surface area contributed by atoms with Crippen LogP contribution >= 0.6 is 12.4 Å². The number of halogens is 4. The number of hydrogen-bond acceptors (Lipinski definition) is 2. The summed E-state index contributed by atoms with van der Waals surface area (Å²) in [5.41, 5.74) is 0.481. The van der Waals surface area contributed by atoms with E-state index in [1.54, 1.807) is 0 Å². The van der Waals surface area contributed by atoms with E-state index in [1.807, 2.05) is 0 Å². The number of carboxylic acids is 1. The standard InChI is InChI=1S/C14H10F3NO2.ClH/c1-8-6-10(14(15,16)17)2-3-11(8)12-7-9(13(19)20)4-5-18-12;/h2-7H,1H3,(H,19,20);1H. The zero-order valence-electron chi connectivity index (χ0n) is 10.8. The second-order valence-corrected chi connectivity index (χ2v) is 4.26. The number of carboxylic acid groups (broad SMARTS) is 1. The van der Waals surface area contributed by atoms with Crippen molar-refractivity contribution in [1.82, 2.24) is 4.98 Å². The number of alkyl halides is 3. The van der Waals surface area contributed by atoms with Gasteiger partial charge >= 0.3 is 12.1 Å². The first-order valence-electron chi connectivity index (χ1n) is 5.66. The van der Waals surface area contributed by atoms with E-state index in [2.05, 4.69) is 4.98 Å². The Hall–Kier alpha value is -2.08. The van der Waals surface area contributed by atoms with Gasteiger partial charge in [-0.15, -0.1) is 12.4 Å². The van der Waals surface area contributed by atoms with Gasteiger partial charge in [0.25, 0.3) is 0 Å². The molecule has 1 aromatic carbocycles. The Labute approximate surface area is 124 Å². The highest BCUT2D eigenvalue weighted by atomic mass is 35.5. The van der Waals surface area contributed by atoms with E-state index in [0.717, 1.165) is 12.1 Å². The molecule has 0 radical (unpaired) electrons. The average Bonchev–Trinajstić information content (AvgIpc) is 2.37. The van der Waals surface area contributed by atoms with Gasteiger partial charge in [0, 0.05) is 11.8 Å². The van der Waals surface area contributed by atoms with Crippen LogP contribution in [0.4, 0.5) is 13.2 Å². The maximum Gasteiger partial charge on any atom is 0.416 e. The molecule has 0 spiro atoms. The van der Waals surface area contributed by atoms with E-state index < -0.39 is 17.7 Å². The minimum absolute atomic E-state index is 0. The lowest BCUT2D eigenvalue weighted by Crippen LogP contribution is -2.05. The number of aryl methyl sites for hydroxylation is 1. The van der Waals surface area contributed by atoms with Gasteiger partial charge in [-0.3, -0.25) is 4.98 Å². The van der Waals surface area contributed by atoms with Crippen LogP contribution in [-0.2, 0) is 6.18 Å². The molecule has 2 aromatic rings. The maximum absolute atomic E-state index is 12.6. The molecule has 7 heteroatoms. The van der Waals surface area contributed by atoms with Gasteiger partial charge in [-0.25, -0.2) is 4.79 Å². The van der Waals surface area contributed by atoms with Crippen molar-refractivity contribution in [3.63, 3.8) is 0 Å². The first-order valence-corrected chi connectivity index (χ1v) is 5.66. The van der Waals surface area contributed by atoms with Crippen molar-refractivity contribution in [3.8, 4) is 11.3 Å². The molecule has 0 aliphatic heterocycles. The van der Waals surface area contributed by atoms with Gasteiger partial charge in [0.15, 0.2) is 0 Å². The number of carbonyl (C=O) groups is 1. The van der Waals surface area contributed by atoms with E-state index in [-0.39, 0.29) is 18.0 Å². The normalized spacial score (nSPS) is 10.9. The number of rotatable bonds is 2. The van der Waals surface area contributed by atoms with E-state index in [4.69, 9.17) is 5.11 Å². The second kappa shape index (κ2) is 6.13. The lowest BCUT2D eigenvalue weighted by Gasteiger charge is -2.11. The maximum atomic E-state index is 12.6. The summed E-state index contributed by atoms with van der Waals surface area (Å²) in [7, 11) is 0. The Bertz CT molecular complexity index is 672. The topological polar surface area (TPSA) is 50.2 Å². The quantitative estimate of drug-likeness (QED) is 0.903. The van der Waals surface area contributed by atoms with Crippen LogP contribution in [0.5, 0.6) is 0 Å². The molecular weight excluding hydrogens is 307 g/mol. The van der Waals surface area contributed by atoms with E-state index >= 15 is 0 Å². The molecule has 0 aliphatic carbocycles. The first kappa shape index (κ1) is 17.0. The van der Waals surface area contributed by atoms with Crippen molar-refractivity contribution in [1.29, 1.82) is 0 Å². The second-order valence-electron chi connectivity index (χ2n) is 4.26. The number of benzene rings is 1. The summed E-state index contributed by atoms with van der Waals surface area (Å²) in [5, 5.41) is 8.90. The fourth-order valence-electron chi connectivity index (χ4n) is 1.84. The van der Waals surface area contributed by atoms with Gasteiger partial charge in [0.2, 0.25) is 0 Å². The van der Waals surface area contributed by atoms with Crippen molar-refractivity contribution in [2.24, 2.45) is 0 Å². The number of nitrogens with zero attached hydrogens (tertiary/aromatic N) is 1. The predicted molar refractivity (Wildman–Crippen MR) is 73.6 cm³/mol. The summed E-state index contributed by atoms with van der Waals surface area (Å²) < 4.78 is 37.7. The molecular formula is C14H11ClF3NO2. The molecule has 21 heavy (non-hydrogen) atoms. The van der Waals surface area contributed by atoms with Gasteiger partial charge in [0.1, 0.15) is 0 Å². The van der Waals surface area contributed by atoms with Gasteiger partial charge in [-0.2, -0.15) is 13.2 Å². The van der Waals surface area contributed by atoms with E-state index in [1.165, 1.54) is 31.3 Å². The highest BCUT2D eigenvalue weighted by Crippen LogP contribution is 2.32. The van der Waals surface area contributed by atoms with Crippen LogP contribution in [0.25, 0.3) is 11.3 Å². The van der Waals surface area contributed by atoms with E-state index in [0.29, 0.717) is 16.8 Å². The molecule has 1 N–H and O–H groups in total. The molecule has 0 fully saturated rings. The SMILES string of the molecule is Cc1cc(C(F)(F)F)ccc1-c1cc(C(=O)O)ccn1.Cl. The van der Waals surface area contributed by atoms with Crippen LogP contribution in [0, 0.1) is 6.92 Å². The van der Waals surface area contributed by atoms with Crippen LogP contribution in [0.3, 0.4) is 0 Å². The number of aromatic nitrogens is 1. The zero-order valence-corrected chi connectivity index (χ0v) is 11.6. The van der Waals surface area contributed by atoms with Crippen molar-refractivity contribution in [3.05, 3.63) is 53.2 Å². The largest absolute Gasteiger partial charge is 0.478 e. The Morgan fingerprint density at radius 3 is 2.38 bits per heavy atom. The molecule has 1 aromatic heterocycles. The monoisotopic (exact) mass is 317 g/mol. The molecule has 112 valence electrons. The highest BCUT2D eigenvalue weighted by Gasteiger charge is 2.30. The lowest BCUT2D eigenvalue weighted by atomic mass is 10.0. The van der Waals surface area contributed by atoms with Crippen LogP contribution in [0.15, 0.2) is 36.5 Å². The van der Waals surface area contributed by atoms with Crippen LogP contribution in [0.2, 0.25) is 0 Å². The van der Waals surface area contributed by atoms with Crippen molar-refractivity contribution < 1.29 is 23.1 Å². The van der Waals surface area contributed by atoms with Crippen molar-refractivity contribution in [2.75, 3.05) is 0 Å². The summed E-state index contributed by atoms with van der Waals surface area (Å²) >= 11 is 0. The van der Waals surface area contributed by atoms with Crippen molar-refractivity contribution >= 4 is 18.4 Å². The van der Waals surface area contributed by atoms with Gasteiger partial charge in [-0.1, -0.05) is 6.07 Å². The van der Waals surface area contributed by atoms with Gasteiger partial charge < -0.3 is 5.11 Å². The molecule has 0 saturated heterocycles. The fraction of sp³-hybridized carbons (Fsp3) is 0.143. The summed E-state index contributed by atoms with van der Waals surface area (Å²) in [5.74, 6) is -1.11. The Balaban J connectivity index is 0.00000220. The Morgan fingerprint density at radius 1 is 1.19 bits per heavy atom. The lowest BCUT2D eigenvalue weighted by molar-refractivity contribution is -0.137. The van der Waals surface area contributed by atoms with E-state index in [9.17, 15) is 18.0 Å². The minimum Gasteiger partial charge on any atom is -0.478 e. The van der Waals surface area contributed by atoms with Crippen molar-refractivity contribution in [2.45, 2.75) is 13.1 Å². The summed E-state index contributed by atoms with van der Waals surface area (Å²) in [4.78, 5) is 14.9. The summed E-state index contributed by atoms with van der Waals surface area (Å²) in [6.45, 7) is 1.53. The smallest absolute Gasteiger partial charge is 0.416 e. The zero-order chi connectivity index (χ0) is 14.9. The molecule has 0 amide bonds. The van der Waals surface area contributed by atoms with Gasteiger partial charge in [0.05, 0.1) is 16.8 Å². The third-order valence-corrected chi connectivity index (χ3v) is 2.84. The molecule has 0 unspecified atom stereocenters. The number of pyridine rings is 1. The average molecular weight is 318 g/mol. The summed E-state index contributed by atoms with van der Waals surface area (Å²) in [6, 6.07) is 5.93. The Kier molecular flexibility index (Phi) is 4.96. The molecule has 1 heterocycles. The minimum atomic E-state index is -4.40. The summed E-state index contributed by atoms with van der Waals surface area (Å²) in [6.07, 6.45) is -3.09. The molecule has 3 nitrogen and oxygen atoms in total. The third-order valence-electron chi connectivity index (χ3n) is 2.84. The van der Waals surface area contributed by atoms with Crippen LogP contribution in [-0.4, -0.2) is 16.1 Å². The third kappa shape index (κ3) is 3.72. The molecule has 0 bridgehead atoms. The fourth-order valence-corrected chi connectivity index (χ4v) is 1.84. The van der Waals surface area contributed by atoms with Gasteiger partial charge in [-0.05, 0) is 36.8 Å². The first-order chi connectivity index (χ1) is 9.29. The van der Waals surface area contributed by atoms with Crippen LogP contribution in [0.1, 0.15) is 21.5 Å². The number of hydrogen-bond donors (Lipinski definition) is 1. The Morgan fingerprint density at radius 2 is 1.86 bits per heavy atom.